The van der Waals surface area contributed by atoms with Crippen molar-refractivity contribution in [2.45, 2.75) is 25.8 Å². The van der Waals surface area contributed by atoms with E-state index in [0.29, 0.717) is 23.8 Å². The molecule has 1 aliphatic rings. The molecule has 2 amide bonds. The monoisotopic (exact) mass is 334 g/mol. The van der Waals surface area contributed by atoms with Gasteiger partial charge in [0, 0.05) is 30.5 Å². The first-order chi connectivity index (χ1) is 12.2. The number of rotatable bonds is 4. The van der Waals surface area contributed by atoms with E-state index >= 15 is 0 Å². The van der Waals surface area contributed by atoms with Gasteiger partial charge < -0.3 is 15.5 Å². The normalized spacial score (nSPS) is 15.8. The van der Waals surface area contributed by atoms with E-state index in [1.54, 1.807) is 24.3 Å². The number of benzene rings is 2. The Balaban J connectivity index is 1.52. The number of carbonyl (C=O) groups is 1. The van der Waals surface area contributed by atoms with Gasteiger partial charge in [-0.1, -0.05) is 18.2 Å². The molecule has 0 aliphatic carbocycles. The second-order valence-corrected chi connectivity index (χ2v) is 6.28. The topological polar surface area (TPSA) is 68.2 Å². The Kier molecular flexibility index (Phi) is 5.20. The number of aryl methyl sites for hydroxylation is 1. The van der Waals surface area contributed by atoms with Crippen molar-refractivity contribution in [2.24, 2.45) is 0 Å². The fourth-order valence-corrected chi connectivity index (χ4v) is 3.19. The van der Waals surface area contributed by atoms with Gasteiger partial charge in [0.25, 0.3) is 0 Å². The van der Waals surface area contributed by atoms with Crippen molar-refractivity contribution in [2.75, 3.05) is 23.3 Å². The second kappa shape index (κ2) is 7.71. The predicted molar refractivity (Wildman–Crippen MR) is 99.7 cm³/mol. The maximum atomic E-state index is 12.0. The highest BCUT2D eigenvalue weighted by atomic mass is 16.2. The van der Waals surface area contributed by atoms with Crippen LogP contribution in [0.2, 0.25) is 0 Å². The zero-order chi connectivity index (χ0) is 17.6. The van der Waals surface area contributed by atoms with E-state index < -0.39 is 0 Å². The zero-order valence-electron chi connectivity index (χ0n) is 14.3. The lowest BCUT2D eigenvalue weighted by molar-refractivity contribution is 0.252. The summed E-state index contributed by atoms with van der Waals surface area (Å²) in [5.74, 6) is 0. The number of nitriles is 1. The summed E-state index contributed by atoms with van der Waals surface area (Å²) in [5.41, 5.74) is 3.90. The van der Waals surface area contributed by atoms with Crippen molar-refractivity contribution in [3.05, 3.63) is 59.7 Å². The minimum absolute atomic E-state index is 0.234. The summed E-state index contributed by atoms with van der Waals surface area (Å²) in [5, 5.41) is 14.5. The Bertz CT molecular complexity index is 779. The van der Waals surface area contributed by atoms with Crippen molar-refractivity contribution in [3.63, 3.8) is 0 Å². The number of anilines is 2. The largest absolute Gasteiger partial charge is 0.367 e. The van der Waals surface area contributed by atoms with Crippen molar-refractivity contribution in [1.29, 1.82) is 5.26 Å². The fourth-order valence-electron chi connectivity index (χ4n) is 3.19. The van der Waals surface area contributed by atoms with Crippen LogP contribution in [0.1, 0.15) is 24.5 Å². The second-order valence-electron chi connectivity index (χ2n) is 6.28. The molecule has 1 atom stereocenters. The molecule has 2 N–H and O–H groups in total. The Hall–Kier alpha value is -3.00. The number of carbonyl (C=O) groups excluding carboxylic acids is 1. The Morgan fingerprint density at radius 2 is 2.00 bits per heavy atom. The van der Waals surface area contributed by atoms with Gasteiger partial charge in [0.15, 0.2) is 0 Å². The third-order valence-corrected chi connectivity index (χ3v) is 4.57. The minimum atomic E-state index is -0.234. The molecule has 0 bridgehead atoms. The van der Waals surface area contributed by atoms with Gasteiger partial charge in [-0.2, -0.15) is 5.26 Å². The van der Waals surface area contributed by atoms with Crippen LogP contribution in [0.25, 0.3) is 0 Å². The molecule has 128 valence electrons. The maximum absolute atomic E-state index is 12.0. The highest BCUT2D eigenvalue weighted by Crippen LogP contribution is 2.29. The van der Waals surface area contributed by atoms with Crippen LogP contribution in [0.4, 0.5) is 16.2 Å². The molecular formula is C20H22N4O. The summed E-state index contributed by atoms with van der Waals surface area (Å²) in [4.78, 5) is 14.4. The zero-order valence-corrected chi connectivity index (χ0v) is 14.3. The van der Waals surface area contributed by atoms with Gasteiger partial charge in [-0.15, -0.1) is 0 Å². The highest BCUT2D eigenvalue weighted by molar-refractivity contribution is 5.89. The van der Waals surface area contributed by atoms with Crippen LogP contribution in [-0.2, 0) is 6.42 Å². The predicted octanol–water partition coefficient (Wildman–Crippen LogP) is 3.52. The molecule has 0 fully saturated rings. The number of amides is 2. The standard InChI is InChI=1S/C20H22N4O/c1-15-6-9-17-4-2-3-5-19(17)24(15)13-12-22-20(25)23-18-10-7-16(14-21)8-11-18/h2-5,7-8,10-11,15H,6,9,12-13H2,1H3,(H2,22,23,25)/t15-/m1/s1. The smallest absolute Gasteiger partial charge is 0.319 e. The quantitative estimate of drug-likeness (QED) is 0.899. The molecule has 2 aromatic carbocycles. The molecule has 0 saturated heterocycles. The van der Waals surface area contributed by atoms with Crippen LogP contribution in [-0.4, -0.2) is 25.2 Å². The molecule has 0 saturated carbocycles. The number of urea groups is 1. The maximum Gasteiger partial charge on any atom is 0.319 e. The summed E-state index contributed by atoms with van der Waals surface area (Å²) in [7, 11) is 0. The van der Waals surface area contributed by atoms with E-state index in [2.05, 4.69) is 52.8 Å². The number of nitrogens with one attached hydrogen (secondary N) is 2. The molecule has 25 heavy (non-hydrogen) atoms. The van der Waals surface area contributed by atoms with E-state index in [0.717, 1.165) is 19.4 Å². The van der Waals surface area contributed by atoms with Crippen LogP contribution < -0.4 is 15.5 Å². The van der Waals surface area contributed by atoms with E-state index in [9.17, 15) is 4.79 Å². The molecule has 0 unspecified atom stereocenters. The molecule has 3 rings (SSSR count). The lowest BCUT2D eigenvalue weighted by Crippen LogP contribution is -2.43. The Morgan fingerprint density at radius 3 is 2.76 bits per heavy atom. The summed E-state index contributed by atoms with van der Waals surface area (Å²) in [6.07, 6.45) is 2.24. The van der Waals surface area contributed by atoms with E-state index in [1.807, 2.05) is 0 Å². The molecule has 5 heteroatoms. The summed E-state index contributed by atoms with van der Waals surface area (Å²) < 4.78 is 0. The van der Waals surface area contributed by atoms with Crippen LogP contribution in [0, 0.1) is 11.3 Å². The van der Waals surface area contributed by atoms with E-state index in [-0.39, 0.29) is 6.03 Å². The van der Waals surface area contributed by atoms with E-state index in [4.69, 9.17) is 5.26 Å². The molecular weight excluding hydrogens is 312 g/mol. The molecule has 2 aromatic rings. The third kappa shape index (κ3) is 4.10. The van der Waals surface area contributed by atoms with Crippen LogP contribution in [0.3, 0.4) is 0 Å². The average molecular weight is 334 g/mol. The average Bonchev–Trinajstić information content (AvgIpc) is 2.64. The number of hydrogen-bond acceptors (Lipinski definition) is 3. The highest BCUT2D eigenvalue weighted by Gasteiger charge is 2.22. The number of para-hydroxylation sites is 1. The first-order valence-corrected chi connectivity index (χ1v) is 8.57. The number of hydrogen-bond donors (Lipinski definition) is 2. The molecule has 1 heterocycles. The summed E-state index contributed by atoms with van der Waals surface area (Å²) >= 11 is 0. The van der Waals surface area contributed by atoms with Gasteiger partial charge in [0.1, 0.15) is 0 Å². The first-order valence-electron chi connectivity index (χ1n) is 8.57. The van der Waals surface area contributed by atoms with Crippen molar-refractivity contribution in [1.82, 2.24) is 5.32 Å². The van der Waals surface area contributed by atoms with Crippen LogP contribution >= 0.6 is 0 Å². The van der Waals surface area contributed by atoms with Gasteiger partial charge in [-0.25, -0.2) is 4.79 Å². The van der Waals surface area contributed by atoms with Gasteiger partial charge >= 0.3 is 6.03 Å². The first kappa shape index (κ1) is 16.8. The molecule has 5 nitrogen and oxygen atoms in total. The van der Waals surface area contributed by atoms with Crippen molar-refractivity contribution < 1.29 is 4.79 Å². The fraction of sp³-hybridized carbons (Fsp3) is 0.300. The molecule has 1 aliphatic heterocycles. The summed E-state index contributed by atoms with van der Waals surface area (Å²) in [6.45, 7) is 3.58. The Morgan fingerprint density at radius 1 is 1.24 bits per heavy atom. The number of fused-ring (bicyclic) bond motifs is 1. The van der Waals surface area contributed by atoms with Crippen molar-refractivity contribution in [3.8, 4) is 6.07 Å². The van der Waals surface area contributed by atoms with Crippen LogP contribution in [0.15, 0.2) is 48.5 Å². The third-order valence-electron chi connectivity index (χ3n) is 4.57. The lowest BCUT2D eigenvalue weighted by atomic mass is 9.97. The summed E-state index contributed by atoms with van der Waals surface area (Å²) in [6, 6.07) is 17.6. The minimum Gasteiger partial charge on any atom is -0.367 e. The van der Waals surface area contributed by atoms with Gasteiger partial charge in [0.05, 0.1) is 11.6 Å². The van der Waals surface area contributed by atoms with Crippen molar-refractivity contribution >= 4 is 17.4 Å². The molecule has 0 spiro atoms. The SMILES string of the molecule is C[C@@H]1CCc2ccccc2N1CCNC(=O)Nc1ccc(C#N)cc1. The van der Waals surface area contributed by atoms with Gasteiger partial charge in [-0.05, 0) is 55.7 Å². The van der Waals surface area contributed by atoms with Gasteiger partial charge in [-0.3, -0.25) is 0 Å². The molecule has 0 aromatic heterocycles. The van der Waals surface area contributed by atoms with E-state index in [1.165, 1.54) is 11.3 Å². The van der Waals surface area contributed by atoms with Gasteiger partial charge in [0.2, 0.25) is 0 Å². The molecule has 0 radical (unpaired) electrons. The Labute approximate surface area is 148 Å². The lowest BCUT2D eigenvalue weighted by Gasteiger charge is -2.37. The van der Waals surface area contributed by atoms with Crippen LogP contribution in [0.5, 0.6) is 0 Å². The number of nitrogens with zero attached hydrogens (tertiary/aromatic N) is 2.